The number of anilines is 1. The van der Waals surface area contributed by atoms with Gasteiger partial charge in [-0.3, -0.25) is 19.2 Å². The largest absolute Gasteiger partial charge is 0.494 e. The van der Waals surface area contributed by atoms with Gasteiger partial charge in [-0.25, -0.2) is 18.7 Å². The van der Waals surface area contributed by atoms with Crippen LogP contribution in [-0.4, -0.2) is 79.8 Å². The van der Waals surface area contributed by atoms with Gasteiger partial charge in [0.05, 0.1) is 40.0 Å². The second kappa shape index (κ2) is 18.2. The van der Waals surface area contributed by atoms with Gasteiger partial charge in [-0.1, -0.05) is 57.2 Å². The maximum absolute atomic E-state index is 14.7. The summed E-state index contributed by atoms with van der Waals surface area (Å²) in [5.41, 5.74) is 10.3. The van der Waals surface area contributed by atoms with E-state index in [1.165, 1.54) is 11.1 Å². The van der Waals surface area contributed by atoms with Crippen molar-refractivity contribution in [2.45, 2.75) is 71.7 Å². The van der Waals surface area contributed by atoms with Gasteiger partial charge >= 0.3 is 0 Å². The Labute approximate surface area is 360 Å². The lowest BCUT2D eigenvalue weighted by molar-refractivity contribution is -0.144. The molecule has 1 fully saturated rings. The summed E-state index contributed by atoms with van der Waals surface area (Å²) in [5, 5.41) is 16.7. The molecule has 1 saturated heterocycles. The first kappa shape index (κ1) is 43.6. The van der Waals surface area contributed by atoms with Gasteiger partial charge in [0, 0.05) is 54.8 Å². The number of aryl methyl sites for hydroxylation is 1. The summed E-state index contributed by atoms with van der Waals surface area (Å²) >= 11 is 1.56. The van der Waals surface area contributed by atoms with Gasteiger partial charge in [-0.15, -0.1) is 11.3 Å². The van der Waals surface area contributed by atoms with Gasteiger partial charge in [0.2, 0.25) is 23.5 Å². The molecule has 7 rings (SSSR count). The molecule has 0 bridgehead atoms. The van der Waals surface area contributed by atoms with Crippen LogP contribution in [0.5, 0.6) is 5.75 Å². The molecule has 0 saturated carbocycles. The maximum Gasteiger partial charge on any atom is 0.246 e. The molecule has 0 spiro atoms. The van der Waals surface area contributed by atoms with Gasteiger partial charge in [0.25, 0.3) is 0 Å². The highest BCUT2D eigenvalue weighted by molar-refractivity contribution is 7.13. The Hall–Kier alpha value is -6.52. The molecule has 0 aliphatic carbocycles. The van der Waals surface area contributed by atoms with Crippen LogP contribution >= 0.6 is 11.3 Å². The van der Waals surface area contributed by atoms with Crippen LogP contribution in [0.25, 0.3) is 32.6 Å². The summed E-state index contributed by atoms with van der Waals surface area (Å²) in [6.45, 7) is 7.86. The highest BCUT2D eigenvalue weighted by atomic mass is 32.1. The number of nitrogens with one attached hydrogen (secondary N) is 3. The molecular weight excluding hydrogens is 817 g/mol. The number of aromatic amines is 1. The zero-order valence-electron chi connectivity index (χ0n) is 34.6. The monoisotopic (exact) mass is 863 g/mol. The highest BCUT2D eigenvalue weighted by Crippen LogP contribution is 2.31. The van der Waals surface area contributed by atoms with Crippen molar-refractivity contribution in [2.75, 3.05) is 18.9 Å². The lowest BCUT2D eigenvalue weighted by Gasteiger charge is -2.35. The van der Waals surface area contributed by atoms with Crippen LogP contribution in [0.1, 0.15) is 67.2 Å². The number of aromatic nitrogens is 3. The molecular formula is C46H47F2N7O6S. The molecule has 1 aliphatic heterocycles. The number of H-pyrrole nitrogens is 1. The lowest BCUT2D eigenvalue weighted by atomic mass is 9.85. The number of pyridine rings is 1. The minimum Gasteiger partial charge on any atom is -0.494 e. The number of β-amino-alcohol motifs (C(OH)–C–C–N with tert-alkyl or cyclic N) is 1. The number of thiazole rings is 1. The van der Waals surface area contributed by atoms with Crippen LogP contribution in [0.15, 0.2) is 84.6 Å². The molecule has 6 N–H and O–H groups in total. The fraction of sp³-hybridized carbons (Fsp3) is 0.304. The average Bonchev–Trinajstić information content (AvgIpc) is 3.99. The van der Waals surface area contributed by atoms with Gasteiger partial charge in [0.1, 0.15) is 29.3 Å². The van der Waals surface area contributed by atoms with Crippen LogP contribution in [0.3, 0.4) is 0 Å². The van der Waals surface area contributed by atoms with E-state index in [4.69, 9.17) is 10.5 Å². The Morgan fingerprint density at radius 3 is 2.44 bits per heavy atom. The third kappa shape index (κ3) is 9.51. The van der Waals surface area contributed by atoms with Crippen LogP contribution in [0.4, 0.5) is 14.5 Å². The summed E-state index contributed by atoms with van der Waals surface area (Å²) in [6, 6.07) is 16.7. The fourth-order valence-electron chi connectivity index (χ4n) is 7.44. The quantitative estimate of drug-likeness (QED) is 0.0449. The number of fused-ring (bicyclic) bond motifs is 1. The van der Waals surface area contributed by atoms with Crippen LogP contribution in [0, 0.1) is 24.0 Å². The summed E-state index contributed by atoms with van der Waals surface area (Å²) in [7, 11) is 0. The summed E-state index contributed by atoms with van der Waals surface area (Å²) < 4.78 is 35.1. The van der Waals surface area contributed by atoms with Crippen LogP contribution in [0.2, 0.25) is 0 Å². The summed E-state index contributed by atoms with van der Waals surface area (Å²) in [6.07, 6.45) is 2.57. The minimum absolute atomic E-state index is 0.0283. The minimum atomic E-state index is -1.12. The van der Waals surface area contributed by atoms with Gasteiger partial charge < -0.3 is 36.1 Å². The lowest BCUT2D eigenvalue weighted by Crippen LogP contribution is -2.57. The molecule has 322 valence electrons. The predicted octanol–water partition coefficient (Wildman–Crippen LogP) is 6.72. The number of aliphatic hydroxyl groups is 1. The Morgan fingerprint density at radius 2 is 1.74 bits per heavy atom. The van der Waals surface area contributed by atoms with Gasteiger partial charge in [-0.2, -0.15) is 0 Å². The number of hydrogen-bond acceptors (Lipinski definition) is 10. The number of carbonyl (C=O) groups excluding carboxylic acids is 4. The van der Waals surface area contributed by atoms with E-state index in [1.807, 2.05) is 52.0 Å². The molecule has 62 heavy (non-hydrogen) atoms. The predicted molar refractivity (Wildman–Crippen MR) is 232 cm³/mol. The number of ketones is 1. The van der Waals surface area contributed by atoms with Crippen molar-refractivity contribution < 1.29 is 37.8 Å². The van der Waals surface area contributed by atoms with Crippen molar-refractivity contribution in [3.63, 3.8) is 0 Å². The second-order valence-corrected chi connectivity index (χ2v) is 17.3. The zero-order valence-corrected chi connectivity index (χ0v) is 35.4. The Bertz CT molecular complexity index is 2620. The molecule has 1 aliphatic rings. The number of amides is 3. The summed E-state index contributed by atoms with van der Waals surface area (Å²) in [4.78, 5) is 67.9. The number of halogens is 2. The van der Waals surface area contributed by atoms with Crippen LogP contribution < -0.4 is 21.1 Å². The number of ether oxygens (including phenoxy) is 1. The number of benzene rings is 3. The second-order valence-electron chi connectivity index (χ2n) is 16.4. The topological polar surface area (TPSA) is 193 Å². The molecule has 3 amide bonds. The van der Waals surface area contributed by atoms with Crippen LogP contribution in [-0.2, 0) is 20.9 Å². The molecule has 0 radical (unpaired) electrons. The zero-order chi connectivity index (χ0) is 44.3. The molecule has 13 nitrogen and oxygen atoms in total. The Morgan fingerprint density at radius 1 is 1.02 bits per heavy atom. The van der Waals surface area contributed by atoms with Crippen molar-refractivity contribution in [2.24, 2.45) is 5.41 Å². The van der Waals surface area contributed by atoms with E-state index in [1.54, 1.807) is 53.4 Å². The maximum atomic E-state index is 14.7. The first-order valence-electron chi connectivity index (χ1n) is 20.1. The van der Waals surface area contributed by atoms with Crippen molar-refractivity contribution in [1.82, 2.24) is 30.5 Å². The number of nitrogens with two attached hydrogens (primary N) is 1. The van der Waals surface area contributed by atoms with E-state index < -0.39 is 52.5 Å². The number of likely N-dealkylation sites (tertiary alicyclic amines) is 1. The number of hydrogen-bond donors (Lipinski definition) is 5. The normalized spacial score (nSPS) is 15.7. The number of aliphatic hydroxyl groups excluding tert-OH is 1. The standard InChI is InChI=1S/C46H47F2N7O6S/c1-25-41(62-24-53-25)28-9-7-26(8-10-28)20-52-44(59)36-19-30(56)23-55(36)45(60)42(46(2,3)4)54-37(57)6-5-17-61-31-13-11-27(12-14-31)29-18-32-33(22-51-43(32)50-21-29)40(58)38-34(47)15-16-35(49)39(38)48/h7-16,18,21-22,24,30,36,42,56H,5-6,17,19-20,23,49H2,1-4H3,(H,50,51)(H,52,59)(H,54,57)/t30-,36+,42?/m1/s1. The van der Waals surface area contributed by atoms with E-state index in [2.05, 4.69) is 25.6 Å². The molecule has 3 aromatic heterocycles. The number of rotatable bonds is 14. The van der Waals surface area contributed by atoms with E-state index in [0.29, 0.717) is 28.8 Å². The molecule has 6 aromatic rings. The average molecular weight is 864 g/mol. The number of carbonyl (C=O) groups is 4. The summed E-state index contributed by atoms with van der Waals surface area (Å²) in [5.74, 6) is -3.66. The smallest absolute Gasteiger partial charge is 0.246 e. The molecule has 16 heteroatoms. The van der Waals surface area contributed by atoms with E-state index in [0.717, 1.165) is 39.4 Å². The molecule has 3 atom stereocenters. The number of nitrogens with zero attached hydrogens (tertiary/aromatic N) is 3. The Balaban J connectivity index is 0.912. The molecule has 3 aromatic carbocycles. The van der Waals surface area contributed by atoms with E-state index in [-0.39, 0.29) is 55.6 Å². The first-order valence-corrected chi connectivity index (χ1v) is 21.0. The Kier molecular flexibility index (Phi) is 12.8. The van der Waals surface area contributed by atoms with Crippen molar-refractivity contribution >= 4 is 51.6 Å². The van der Waals surface area contributed by atoms with Gasteiger partial charge in [0.15, 0.2) is 5.82 Å². The third-order valence-corrected chi connectivity index (χ3v) is 11.8. The van der Waals surface area contributed by atoms with Crippen molar-refractivity contribution in [3.05, 3.63) is 119 Å². The van der Waals surface area contributed by atoms with Gasteiger partial charge in [-0.05, 0) is 65.8 Å². The fourth-order valence-corrected chi connectivity index (χ4v) is 8.25. The highest BCUT2D eigenvalue weighted by Gasteiger charge is 2.44. The van der Waals surface area contributed by atoms with E-state index in [9.17, 15) is 33.1 Å². The third-order valence-electron chi connectivity index (χ3n) is 10.8. The van der Waals surface area contributed by atoms with Crippen molar-refractivity contribution in [1.29, 1.82) is 0 Å². The first-order chi connectivity index (χ1) is 29.6. The van der Waals surface area contributed by atoms with Crippen molar-refractivity contribution in [3.8, 4) is 27.3 Å². The SMILES string of the molecule is Cc1ncsc1-c1ccc(CNC(=O)[C@@H]2C[C@@H](O)CN2C(=O)C(NC(=O)CCCOc2ccc(-c3cnc4[nH]cc(C(=O)c5c(F)ccc(N)c5F)c4c3)cc2)C(C)(C)C)cc1. The van der Waals surface area contributed by atoms with E-state index >= 15 is 0 Å². The number of nitrogen functional groups attached to an aromatic ring is 1. The molecule has 4 heterocycles. The molecule has 1 unspecified atom stereocenters.